The Morgan fingerprint density at radius 1 is 0.833 bits per heavy atom. The highest BCUT2D eigenvalue weighted by atomic mass is 16.5. The first-order valence-corrected chi connectivity index (χ1v) is 5.78. The molecule has 0 aromatic heterocycles. The van der Waals surface area contributed by atoms with E-state index in [1.54, 1.807) is 13.8 Å². The minimum absolute atomic E-state index is 0.101. The molecule has 0 N–H and O–H groups in total. The Kier molecular flexibility index (Phi) is 9.17. The molecule has 0 rings (SSSR count). The van der Waals surface area contributed by atoms with Crippen molar-refractivity contribution in [2.45, 2.75) is 26.7 Å². The van der Waals surface area contributed by atoms with E-state index in [4.69, 9.17) is 0 Å². The summed E-state index contributed by atoms with van der Waals surface area (Å²) in [5.74, 6) is -1.03. The monoisotopic (exact) mass is 254 g/mol. The maximum absolute atomic E-state index is 11.3. The van der Waals surface area contributed by atoms with Crippen molar-refractivity contribution < 1.29 is 23.9 Å². The van der Waals surface area contributed by atoms with E-state index < -0.39 is 11.9 Å². The fourth-order valence-electron chi connectivity index (χ4n) is 1.04. The number of hydrogen-bond donors (Lipinski definition) is 0. The highest BCUT2D eigenvalue weighted by molar-refractivity contribution is 5.87. The number of ketones is 1. The third kappa shape index (κ3) is 9.33. The average Bonchev–Trinajstić information content (AvgIpc) is 2.29. The largest absolute Gasteiger partial charge is 0.463 e. The molecule has 5 heteroatoms. The first kappa shape index (κ1) is 16.1. The molecular formula is C13H18O5. The summed E-state index contributed by atoms with van der Waals surface area (Å²) in [6.45, 7) is 4.02. The number of rotatable bonds is 8. The summed E-state index contributed by atoms with van der Waals surface area (Å²) >= 11 is 0. The predicted octanol–water partition coefficient (Wildman–Crippen LogP) is 1.57. The van der Waals surface area contributed by atoms with Crippen molar-refractivity contribution in [3.63, 3.8) is 0 Å². The number of esters is 2. The van der Waals surface area contributed by atoms with Crippen LogP contribution >= 0.6 is 0 Å². The van der Waals surface area contributed by atoms with E-state index in [2.05, 4.69) is 9.47 Å². The smallest absolute Gasteiger partial charge is 0.330 e. The van der Waals surface area contributed by atoms with Gasteiger partial charge in [-0.2, -0.15) is 0 Å². The van der Waals surface area contributed by atoms with Gasteiger partial charge in [-0.3, -0.25) is 4.79 Å². The second-order valence-electron chi connectivity index (χ2n) is 3.26. The summed E-state index contributed by atoms with van der Waals surface area (Å²) in [6.07, 6.45) is 5.59. The lowest BCUT2D eigenvalue weighted by Gasteiger charge is -1.95. The van der Waals surface area contributed by atoms with Crippen molar-refractivity contribution >= 4 is 17.7 Å². The Balaban J connectivity index is 3.84. The molecule has 0 aliphatic rings. The van der Waals surface area contributed by atoms with Gasteiger partial charge >= 0.3 is 11.9 Å². The highest BCUT2D eigenvalue weighted by Gasteiger charge is 1.99. The number of carbonyl (C=O) groups is 3. The van der Waals surface area contributed by atoms with Crippen LogP contribution in [0.15, 0.2) is 24.3 Å². The third-order valence-corrected chi connectivity index (χ3v) is 1.77. The summed E-state index contributed by atoms with van der Waals surface area (Å²) in [6, 6.07) is 0. The molecule has 0 aliphatic carbocycles. The van der Waals surface area contributed by atoms with Crippen LogP contribution in [0, 0.1) is 0 Å². The molecule has 0 aromatic carbocycles. The number of hydrogen-bond acceptors (Lipinski definition) is 5. The van der Waals surface area contributed by atoms with Gasteiger partial charge in [0.2, 0.25) is 0 Å². The molecule has 0 unspecified atom stereocenters. The van der Waals surface area contributed by atoms with Gasteiger partial charge in [0.25, 0.3) is 0 Å². The van der Waals surface area contributed by atoms with Gasteiger partial charge in [-0.05, 0) is 13.8 Å². The van der Waals surface area contributed by atoms with Crippen molar-refractivity contribution in [1.82, 2.24) is 0 Å². The SMILES string of the molecule is CCOC(=O)/C=C/CC(=O)C/C=C/C(=O)OCC. The minimum Gasteiger partial charge on any atom is -0.463 e. The number of ether oxygens (including phenoxy) is 2. The van der Waals surface area contributed by atoms with Gasteiger partial charge in [-0.25, -0.2) is 9.59 Å². The Morgan fingerprint density at radius 3 is 1.56 bits per heavy atom. The van der Waals surface area contributed by atoms with Gasteiger partial charge in [-0.15, -0.1) is 0 Å². The molecule has 0 bridgehead atoms. The molecule has 0 spiro atoms. The summed E-state index contributed by atoms with van der Waals surface area (Å²) in [7, 11) is 0. The van der Waals surface area contributed by atoms with Crippen LogP contribution in [0.3, 0.4) is 0 Å². The normalized spacial score (nSPS) is 10.8. The first-order valence-electron chi connectivity index (χ1n) is 5.78. The van der Waals surface area contributed by atoms with Crippen molar-refractivity contribution in [3.05, 3.63) is 24.3 Å². The molecule has 0 amide bonds. The standard InChI is InChI=1S/C13H18O5/c1-3-17-12(15)9-5-7-11(14)8-6-10-13(16)18-4-2/h5-6,9-10H,3-4,7-8H2,1-2H3/b9-5+,10-6+. The van der Waals surface area contributed by atoms with E-state index in [0.29, 0.717) is 13.2 Å². The lowest BCUT2D eigenvalue weighted by atomic mass is 10.2. The zero-order valence-electron chi connectivity index (χ0n) is 10.7. The van der Waals surface area contributed by atoms with Crippen molar-refractivity contribution in [3.8, 4) is 0 Å². The second-order valence-corrected chi connectivity index (χ2v) is 3.26. The van der Waals surface area contributed by atoms with Gasteiger partial charge in [0, 0.05) is 25.0 Å². The topological polar surface area (TPSA) is 69.7 Å². The third-order valence-electron chi connectivity index (χ3n) is 1.77. The second kappa shape index (κ2) is 10.3. The molecule has 0 radical (unpaired) electrons. The van der Waals surface area contributed by atoms with Crippen LogP contribution in [0.4, 0.5) is 0 Å². The number of allylic oxidation sites excluding steroid dienone is 2. The van der Waals surface area contributed by atoms with Crippen LogP contribution in [0.2, 0.25) is 0 Å². The van der Waals surface area contributed by atoms with E-state index in [9.17, 15) is 14.4 Å². The van der Waals surface area contributed by atoms with Crippen molar-refractivity contribution in [1.29, 1.82) is 0 Å². The van der Waals surface area contributed by atoms with E-state index in [1.165, 1.54) is 24.3 Å². The highest BCUT2D eigenvalue weighted by Crippen LogP contribution is 1.95. The molecule has 100 valence electrons. The first-order chi connectivity index (χ1) is 8.60. The average molecular weight is 254 g/mol. The molecular weight excluding hydrogens is 236 g/mol. The summed E-state index contributed by atoms with van der Waals surface area (Å²) in [4.78, 5) is 33.1. The fourth-order valence-corrected chi connectivity index (χ4v) is 1.04. The zero-order chi connectivity index (χ0) is 13.8. The molecule has 0 aromatic rings. The van der Waals surface area contributed by atoms with Crippen LogP contribution in [0.1, 0.15) is 26.7 Å². The summed E-state index contributed by atoms with van der Waals surface area (Å²) < 4.78 is 9.30. The summed E-state index contributed by atoms with van der Waals surface area (Å²) in [5, 5.41) is 0. The van der Waals surface area contributed by atoms with Crippen LogP contribution in [0.5, 0.6) is 0 Å². The minimum atomic E-state index is -0.465. The van der Waals surface area contributed by atoms with E-state index in [-0.39, 0.29) is 18.6 Å². The lowest BCUT2D eigenvalue weighted by Crippen LogP contribution is -2.01. The Bertz CT molecular complexity index is 309. The molecule has 5 nitrogen and oxygen atoms in total. The zero-order valence-corrected chi connectivity index (χ0v) is 10.7. The van der Waals surface area contributed by atoms with Crippen molar-refractivity contribution in [2.24, 2.45) is 0 Å². The summed E-state index contributed by atoms with van der Waals surface area (Å²) in [5.41, 5.74) is 0. The van der Waals surface area contributed by atoms with Crippen LogP contribution in [-0.2, 0) is 23.9 Å². The molecule has 0 saturated heterocycles. The van der Waals surface area contributed by atoms with E-state index >= 15 is 0 Å². The number of carbonyl (C=O) groups excluding carboxylic acids is 3. The van der Waals surface area contributed by atoms with Crippen LogP contribution in [-0.4, -0.2) is 30.9 Å². The van der Waals surface area contributed by atoms with Gasteiger partial charge in [-0.1, -0.05) is 12.2 Å². The Hall–Kier alpha value is -1.91. The Labute approximate surface area is 106 Å². The fraction of sp³-hybridized carbons (Fsp3) is 0.462. The lowest BCUT2D eigenvalue weighted by molar-refractivity contribution is -0.138. The van der Waals surface area contributed by atoms with Gasteiger partial charge in [0.1, 0.15) is 5.78 Å². The maximum Gasteiger partial charge on any atom is 0.330 e. The predicted molar refractivity (Wildman–Crippen MR) is 65.8 cm³/mol. The maximum atomic E-state index is 11.3. The van der Waals surface area contributed by atoms with Gasteiger partial charge in [0.15, 0.2) is 0 Å². The molecule has 0 atom stereocenters. The Morgan fingerprint density at radius 2 is 1.22 bits per heavy atom. The van der Waals surface area contributed by atoms with E-state index in [0.717, 1.165) is 0 Å². The molecule has 0 fully saturated rings. The van der Waals surface area contributed by atoms with Gasteiger partial charge in [0.05, 0.1) is 13.2 Å². The molecule has 0 aliphatic heterocycles. The van der Waals surface area contributed by atoms with Crippen LogP contribution in [0.25, 0.3) is 0 Å². The van der Waals surface area contributed by atoms with Crippen LogP contribution < -0.4 is 0 Å². The number of Topliss-reactive ketones (excluding diaryl/α,β-unsaturated/α-hetero) is 1. The molecule has 18 heavy (non-hydrogen) atoms. The van der Waals surface area contributed by atoms with Crippen molar-refractivity contribution in [2.75, 3.05) is 13.2 Å². The van der Waals surface area contributed by atoms with Gasteiger partial charge < -0.3 is 9.47 Å². The quantitative estimate of drug-likeness (QED) is 0.486. The van der Waals surface area contributed by atoms with E-state index in [1.807, 2.05) is 0 Å². The molecule has 0 heterocycles. The molecule has 0 saturated carbocycles.